The molecule has 0 aliphatic carbocycles. The number of aryl methyl sites for hydroxylation is 2. The first-order valence-electron chi connectivity index (χ1n) is 9.11. The molecule has 1 aromatic carbocycles. The zero-order chi connectivity index (χ0) is 19.3. The summed E-state index contributed by atoms with van der Waals surface area (Å²) in [5.74, 6) is 0.136. The molecule has 5 heteroatoms. The van der Waals surface area contributed by atoms with E-state index in [9.17, 15) is 10.0 Å². The Morgan fingerprint density at radius 2 is 1.92 bits per heavy atom. The van der Waals surface area contributed by atoms with Crippen LogP contribution in [0, 0.1) is 32.9 Å². The third kappa shape index (κ3) is 4.34. The van der Waals surface area contributed by atoms with Crippen molar-refractivity contribution in [2.24, 2.45) is 0 Å². The van der Waals surface area contributed by atoms with Crippen molar-refractivity contribution in [1.82, 2.24) is 0 Å². The number of carbonyl (C=O) groups is 1. The molecule has 0 bridgehead atoms. The van der Waals surface area contributed by atoms with Gasteiger partial charge in [-0.3, -0.25) is 4.79 Å². The lowest BCUT2D eigenvalue weighted by molar-refractivity contribution is -0.619. The van der Waals surface area contributed by atoms with E-state index in [1.807, 2.05) is 32.0 Å². The van der Waals surface area contributed by atoms with Crippen LogP contribution in [0.5, 0.6) is 5.75 Å². The Morgan fingerprint density at radius 1 is 1.19 bits per heavy atom. The molecule has 0 atom stereocenters. The lowest BCUT2D eigenvalue weighted by atomic mass is 10.1. The summed E-state index contributed by atoms with van der Waals surface area (Å²) in [4.78, 5) is 12.9. The van der Waals surface area contributed by atoms with Crippen molar-refractivity contribution in [3.8, 4) is 5.75 Å². The van der Waals surface area contributed by atoms with E-state index in [1.165, 1.54) is 0 Å². The molecule has 0 saturated heterocycles. The Bertz CT molecular complexity index is 800. The SMILES string of the molecule is CCCCCOc1cc(C)[n+]([O-])c(C)c1C(=O)Nc1cccc(C)c1C. The third-order valence-electron chi connectivity index (χ3n) is 4.66. The van der Waals surface area contributed by atoms with E-state index in [-0.39, 0.29) is 5.91 Å². The summed E-state index contributed by atoms with van der Waals surface area (Å²) >= 11 is 0. The van der Waals surface area contributed by atoms with E-state index < -0.39 is 0 Å². The number of aromatic nitrogens is 1. The Hall–Kier alpha value is -2.56. The second-order valence-corrected chi connectivity index (χ2v) is 6.66. The fourth-order valence-electron chi connectivity index (χ4n) is 2.86. The van der Waals surface area contributed by atoms with Gasteiger partial charge in [0.05, 0.1) is 6.61 Å². The molecule has 0 aliphatic heterocycles. The quantitative estimate of drug-likeness (QED) is 0.455. The molecule has 2 aromatic rings. The van der Waals surface area contributed by atoms with Crippen molar-refractivity contribution >= 4 is 11.6 Å². The highest BCUT2D eigenvalue weighted by atomic mass is 16.5. The fourth-order valence-corrected chi connectivity index (χ4v) is 2.86. The molecule has 2 rings (SSSR count). The van der Waals surface area contributed by atoms with Crippen LogP contribution in [0.4, 0.5) is 5.69 Å². The molecule has 0 spiro atoms. The van der Waals surface area contributed by atoms with Gasteiger partial charge in [-0.2, -0.15) is 4.73 Å². The highest BCUT2D eigenvalue weighted by Crippen LogP contribution is 2.25. The topological polar surface area (TPSA) is 65.3 Å². The van der Waals surface area contributed by atoms with Crippen molar-refractivity contribution in [3.63, 3.8) is 0 Å². The Kier molecular flexibility index (Phi) is 6.61. The molecule has 0 radical (unpaired) electrons. The number of amides is 1. The van der Waals surface area contributed by atoms with E-state index in [2.05, 4.69) is 12.2 Å². The second kappa shape index (κ2) is 8.70. The van der Waals surface area contributed by atoms with Crippen LogP contribution < -0.4 is 14.8 Å². The number of ether oxygens (including phenoxy) is 1. The van der Waals surface area contributed by atoms with Gasteiger partial charge in [-0.25, -0.2) is 0 Å². The maximum Gasteiger partial charge on any atom is 0.265 e. The minimum Gasteiger partial charge on any atom is -0.618 e. The lowest BCUT2D eigenvalue weighted by Gasteiger charge is -2.16. The van der Waals surface area contributed by atoms with Gasteiger partial charge in [0, 0.05) is 25.6 Å². The lowest BCUT2D eigenvalue weighted by Crippen LogP contribution is -2.37. The summed E-state index contributed by atoms with van der Waals surface area (Å²) in [7, 11) is 0. The van der Waals surface area contributed by atoms with E-state index in [0.717, 1.165) is 40.8 Å². The summed E-state index contributed by atoms with van der Waals surface area (Å²) < 4.78 is 6.63. The van der Waals surface area contributed by atoms with Gasteiger partial charge in [-0.1, -0.05) is 31.9 Å². The standard InChI is InChI=1S/C21H28N2O3/c1-6-7-8-12-26-19-13-15(3)23(25)17(5)20(19)21(24)22-18-11-9-10-14(2)16(18)4/h9-11,13H,6-8,12H2,1-5H3,(H,22,24). The summed E-state index contributed by atoms with van der Waals surface area (Å²) in [6.45, 7) is 9.97. The van der Waals surface area contributed by atoms with Gasteiger partial charge in [0.2, 0.25) is 5.69 Å². The Labute approximate surface area is 155 Å². The van der Waals surface area contributed by atoms with Gasteiger partial charge in [0.15, 0.2) is 5.69 Å². The fraction of sp³-hybridized carbons (Fsp3) is 0.429. The maximum absolute atomic E-state index is 12.9. The number of benzene rings is 1. The molecule has 26 heavy (non-hydrogen) atoms. The summed E-state index contributed by atoms with van der Waals surface area (Å²) in [6, 6.07) is 7.40. The zero-order valence-electron chi connectivity index (χ0n) is 16.3. The van der Waals surface area contributed by atoms with Crippen molar-refractivity contribution in [2.45, 2.75) is 53.9 Å². The van der Waals surface area contributed by atoms with Crippen LogP contribution in [0.15, 0.2) is 24.3 Å². The smallest absolute Gasteiger partial charge is 0.265 e. The van der Waals surface area contributed by atoms with Crippen LogP contribution in [0.1, 0.15) is 59.1 Å². The molecule has 0 fully saturated rings. The van der Waals surface area contributed by atoms with Gasteiger partial charge in [-0.05, 0) is 37.5 Å². The van der Waals surface area contributed by atoms with Crippen molar-refractivity contribution in [2.75, 3.05) is 11.9 Å². The van der Waals surface area contributed by atoms with Gasteiger partial charge in [-0.15, -0.1) is 0 Å². The van der Waals surface area contributed by atoms with Crippen molar-refractivity contribution in [3.05, 3.63) is 57.6 Å². The molecule has 1 heterocycles. The monoisotopic (exact) mass is 356 g/mol. The van der Waals surface area contributed by atoms with Gasteiger partial charge in [0.25, 0.3) is 5.91 Å². The summed E-state index contributed by atoms with van der Waals surface area (Å²) in [5, 5.41) is 15.2. The number of anilines is 1. The molecule has 1 aromatic heterocycles. The minimum atomic E-state index is -0.328. The van der Waals surface area contributed by atoms with Crippen molar-refractivity contribution in [1.29, 1.82) is 0 Å². The number of hydrogen-bond acceptors (Lipinski definition) is 3. The summed E-state index contributed by atoms with van der Waals surface area (Å²) in [6.07, 6.45) is 3.08. The van der Waals surface area contributed by atoms with Crippen LogP contribution in [-0.4, -0.2) is 12.5 Å². The highest BCUT2D eigenvalue weighted by molar-refractivity contribution is 6.07. The first-order valence-corrected chi connectivity index (χ1v) is 9.11. The molecule has 5 nitrogen and oxygen atoms in total. The van der Waals surface area contributed by atoms with E-state index >= 15 is 0 Å². The largest absolute Gasteiger partial charge is 0.618 e. The maximum atomic E-state index is 12.9. The average Bonchev–Trinajstić information content (AvgIpc) is 2.60. The molecule has 0 unspecified atom stereocenters. The average molecular weight is 356 g/mol. The van der Waals surface area contributed by atoms with Crippen molar-refractivity contribution < 1.29 is 14.3 Å². The van der Waals surface area contributed by atoms with Crippen LogP contribution >= 0.6 is 0 Å². The van der Waals surface area contributed by atoms with Crippen LogP contribution in [0.3, 0.4) is 0 Å². The summed E-state index contributed by atoms with van der Waals surface area (Å²) in [5.41, 5.74) is 3.99. The first kappa shape index (κ1) is 19.8. The van der Waals surface area contributed by atoms with Gasteiger partial charge in [0.1, 0.15) is 11.3 Å². The van der Waals surface area contributed by atoms with Gasteiger partial charge >= 0.3 is 0 Å². The van der Waals surface area contributed by atoms with Crippen LogP contribution in [-0.2, 0) is 0 Å². The molecule has 1 N–H and O–H groups in total. The predicted octanol–water partition coefficient (Wildman–Crippen LogP) is 4.37. The number of pyridine rings is 1. The molecular formula is C21H28N2O3. The number of carbonyl (C=O) groups excluding carboxylic acids is 1. The predicted molar refractivity (Wildman–Crippen MR) is 104 cm³/mol. The first-order chi connectivity index (χ1) is 12.4. The van der Waals surface area contributed by atoms with E-state index in [4.69, 9.17) is 4.74 Å². The highest BCUT2D eigenvalue weighted by Gasteiger charge is 2.24. The zero-order valence-corrected chi connectivity index (χ0v) is 16.3. The van der Waals surface area contributed by atoms with Gasteiger partial charge < -0.3 is 15.3 Å². The molecule has 0 saturated carbocycles. The number of nitrogens with one attached hydrogen (secondary N) is 1. The molecule has 1 amide bonds. The van der Waals surface area contributed by atoms with Crippen LogP contribution in [0.2, 0.25) is 0 Å². The third-order valence-corrected chi connectivity index (χ3v) is 4.66. The van der Waals surface area contributed by atoms with E-state index in [1.54, 1.807) is 19.9 Å². The Morgan fingerprint density at radius 3 is 2.62 bits per heavy atom. The number of nitrogens with zero attached hydrogens (tertiary/aromatic N) is 1. The second-order valence-electron chi connectivity index (χ2n) is 6.66. The normalized spacial score (nSPS) is 10.7. The molecular weight excluding hydrogens is 328 g/mol. The molecule has 140 valence electrons. The number of hydrogen-bond donors (Lipinski definition) is 1. The van der Waals surface area contributed by atoms with Crippen LogP contribution in [0.25, 0.3) is 0 Å². The Balaban J connectivity index is 2.34. The van der Waals surface area contributed by atoms with E-state index in [0.29, 0.717) is 29.3 Å². The molecule has 0 aliphatic rings. The number of rotatable bonds is 7. The minimum absolute atomic E-state index is 0.294. The number of unbranched alkanes of at least 4 members (excludes halogenated alkanes) is 2.